The predicted octanol–water partition coefficient (Wildman–Crippen LogP) is -0.386. The number of rotatable bonds is 1. The Morgan fingerprint density at radius 2 is 2.36 bits per heavy atom. The fourth-order valence-electron chi connectivity index (χ4n) is 0.348. The quantitative estimate of drug-likeness (QED) is 0.141. The van der Waals surface area contributed by atoms with E-state index in [9.17, 15) is 14.9 Å². The molecule has 0 spiro atoms. The van der Waals surface area contributed by atoms with Crippen LogP contribution in [0.25, 0.3) is 0 Å². The van der Waals surface area contributed by atoms with Crippen molar-refractivity contribution in [3.8, 4) is 0 Å². The fourth-order valence-corrected chi connectivity index (χ4v) is 0.348. The molecule has 0 aromatic heterocycles. The number of carbonyl (C=O) groups excluding carboxylic acids is 1. The Morgan fingerprint density at radius 3 is 2.64 bits per heavy atom. The number of hydrogen-bond acceptors (Lipinski definition) is 6. The van der Waals surface area contributed by atoms with Crippen LogP contribution in [-0.4, -0.2) is 28.5 Å². The van der Waals surface area contributed by atoms with E-state index in [4.69, 9.17) is 5.21 Å². The average molecular weight is 162 g/mol. The summed E-state index contributed by atoms with van der Waals surface area (Å²) in [5, 5.41) is 19.9. The molecule has 11 heavy (non-hydrogen) atoms. The Hall–Kier alpha value is -1.66. The van der Waals surface area contributed by atoms with Crippen LogP contribution in [0, 0.1) is 10.1 Å². The summed E-state index contributed by atoms with van der Waals surface area (Å²) in [5.41, 5.74) is 0. The molecule has 0 aromatic carbocycles. The van der Waals surface area contributed by atoms with Crippen LogP contribution in [0.15, 0.2) is 5.16 Å². The molecule has 0 unspecified atom stereocenters. The second kappa shape index (κ2) is 4.20. The summed E-state index contributed by atoms with van der Waals surface area (Å²) >= 11 is 0. The number of esters is 1. The minimum absolute atomic E-state index is 0.00824. The zero-order valence-electron chi connectivity index (χ0n) is 5.68. The van der Waals surface area contributed by atoms with Crippen molar-refractivity contribution in [2.45, 2.75) is 6.92 Å². The van der Waals surface area contributed by atoms with Gasteiger partial charge in [-0.25, -0.2) is 4.79 Å². The third kappa shape index (κ3) is 2.61. The van der Waals surface area contributed by atoms with Gasteiger partial charge >= 0.3 is 11.8 Å². The highest BCUT2D eigenvalue weighted by molar-refractivity contribution is 6.31. The molecule has 0 rings (SSSR count). The molecule has 0 aliphatic rings. The van der Waals surface area contributed by atoms with Gasteiger partial charge in [0.1, 0.15) is 0 Å². The smallest absolute Gasteiger partial charge is 0.457 e. The van der Waals surface area contributed by atoms with Gasteiger partial charge in [0.05, 0.1) is 6.61 Å². The standard InChI is InChI=1S/C4H6N2O5/c1-2-11-4(7)3(5-8)6(9)10/h8H,2H2,1H3/b5-3+. The van der Waals surface area contributed by atoms with Gasteiger partial charge in [-0.3, -0.25) is 0 Å². The first kappa shape index (κ1) is 9.34. The van der Waals surface area contributed by atoms with E-state index in [1.165, 1.54) is 6.92 Å². The topological polar surface area (TPSA) is 102 Å². The van der Waals surface area contributed by atoms with Gasteiger partial charge in [-0.1, -0.05) is 0 Å². The van der Waals surface area contributed by atoms with Crippen molar-refractivity contribution in [1.82, 2.24) is 0 Å². The van der Waals surface area contributed by atoms with Gasteiger partial charge < -0.3 is 20.1 Å². The molecule has 0 amide bonds. The van der Waals surface area contributed by atoms with Gasteiger partial charge in [0.15, 0.2) is 5.16 Å². The van der Waals surface area contributed by atoms with Gasteiger partial charge in [-0.05, 0) is 11.8 Å². The normalized spacial score (nSPS) is 10.8. The Bertz CT molecular complexity index is 199. The SMILES string of the molecule is CCOC(=O)/C(=N\O)[N+](=O)[O-]. The lowest BCUT2D eigenvalue weighted by atomic mass is 10.6. The number of carbonyl (C=O) groups is 1. The third-order valence-electron chi connectivity index (χ3n) is 0.726. The maximum atomic E-state index is 10.5. The second-order valence-corrected chi connectivity index (χ2v) is 1.40. The molecule has 0 aromatic rings. The molecular formula is C4H6N2O5. The first-order valence-corrected chi connectivity index (χ1v) is 2.67. The maximum absolute atomic E-state index is 10.5. The third-order valence-corrected chi connectivity index (χ3v) is 0.726. The zero-order chi connectivity index (χ0) is 8.85. The molecule has 0 aliphatic carbocycles. The molecular weight excluding hydrogens is 156 g/mol. The Morgan fingerprint density at radius 1 is 1.82 bits per heavy atom. The molecule has 0 atom stereocenters. The number of oxime groups is 1. The van der Waals surface area contributed by atoms with Crippen LogP contribution >= 0.6 is 0 Å². The summed E-state index contributed by atoms with van der Waals surface area (Å²) in [5.74, 6) is -2.47. The van der Waals surface area contributed by atoms with Crippen LogP contribution in [0.3, 0.4) is 0 Å². The van der Waals surface area contributed by atoms with E-state index in [2.05, 4.69) is 9.89 Å². The minimum atomic E-state index is -1.25. The highest BCUT2D eigenvalue weighted by atomic mass is 16.6. The Balaban J connectivity index is 4.29. The van der Waals surface area contributed by atoms with E-state index in [1.807, 2.05) is 0 Å². The second-order valence-electron chi connectivity index (χ2n) is 1.40. The summed E-state index contributed by atoms with van der Waals surface area (Å²) < 4.78 is 4.18. The van der Waals surface area contributed by atoms with Crippen LogP contribution < -0.4 is 0 Å². The first-order valence-electron chi connectivity index (χ1n) is 2.67. The van der Waals surface area contributed by atoms with Crippen molar-refractivity contribution in [2.24, 2.45) is 5.16 Å². The molecule has 0 aliphatic heterocycles. The van der Waals surface area contributed by atoms with E-state index in [1.54, 1.807) is 0 Å². The number of ether oxygens (including phenoxy) is 1. The predicted molar refractivity (Wildman–Crippen MR) is 32.8 cm³/mol. The Kier molecular flexibility index (Phi) is 3.57. The van der Waals surface area contributed by atoms with Gasteiger partial charge in [-0.2, -0.15) is 0 Å². The van der Waals surface area contributed by atoms with E-state index >= 15 is 0 Å². The van der Waals surface area contributed by atoms with Gasteiger partial charge in [0, 0.05) is 0 Å². The highest BCUT2D eigenvalue weighted by Gasteiger charge is 2.26. The number of nitro groups is 1. The molecule has 62 valence electrons. The highest BCUT2D eigenvalue weighted by Crippen LogP contribution is 1.85. The van der Waals surface area contributed by atoms with Crippen molar-refractivity contribution in [3.63, 3.8) is 0 Å². The molecule has 0 fully saturated rings. The van der Waals surface area contributed by atoms with Crippen molar-refractivity contribution >= 4 is 11.8 Å². The molecule has 1 N–H and O–H groups in total. The minimum Gasteiger partial charge on any atom is -0.457 e. The van der Waals surface area contributed by atoms with Gasteiger partial charge in [0.25, 0.3) is 0 Å². The van der Waals surface area contributed by atoms with Crippen LogP contribution in [0.4, 0.5) is 0 Å². The van der Waals surface area contributed by atoms with E-state index in [-0.39, 0.29) is 6.61 Å². The number of nitrogens with zero attached hydrogens (tertiary/aromatic N) is 2. The van der Waals surface area contributed by atoms with Gasteiger partial charge in [-0.15, -0.1) is 0 Å². The molecule has 0 saturated heterocycles. The maximum Gasteiger partial charge on any atom is 0.494 e. The monoisotopic (exact) mass is 162 g/mol. The zero-order valence-corrected chi connectivity index (χ0v) is 5.68. The molecule has 7 nitrogen and oxygen atoms in total. The lowest BCUT2D eigenvalue weighted by molar-refractivity contribution is -0.352. The molecule has 0 radical (unpaired) electrons. The van der Waals surface area contributed by atoms with Crippen molar-refractivity contribution in [3.05, 3.63) is 10.1 Å². The van der Waals surface area contributed by atoms with E-state index in [0.29, 0.717) is 0 Å². The summed E-state index contributed by atoms with van der Waals surface area (Å²) in [6, 6.07) is 0. The summed E-state index contributed by atoms with van der Waals surface area (Å²) in [6.07, 6.45) is 0. The molecule has 0 heterocycles. The van der Waals surface area contributed by atoms with Crippen molar-refractivity contribution < 1.29 is 19.7 Å². The largest absolute Gasteiger partial charge is 0.494 e. The van der Waals surface area contributed by atoms with Crippen molar-refractivity contribution in [2.75, 3.05) is 6.61 Å². The summed E-state index contributed by atoms with van der Waals surface area (Å²) in [6.45, 7) is 1.47. The molecule has 7 heteroatoms. The van der Waals surface area contributed by atoms with Crippen molar-refractivity contribution in [1.29, 1.82) is 0 Å². The molecule has 0 saturated carbocycles. The Labute approximate surface area is 61.4 Å². The van der Waals surface area contributed by atoms with E-state index in [0.717, 1.165) is 0 Å². The summed E-state index contributed by atoms with van der Waals surface area (Å²) in [4.78, 5) is 19.2. The number of hydrogen-bond donors (Lipinski definition) is 1. The van der Waals surface area contributed by atoms with Gasteiger partial charge in [0.2, 0.25) is 0 Å². The number of amidine groups is 1. The van der Waals surface area contributed by atoms with Crippen LogP contribution in [0.1, 0.15) is 6.92 Å². The fraction of sp³-hybridized carbons (Fsp3) is 0.500. The lowest BCUT2D eigenvalue weighted by Crippen LogP contribution is -2.25. The molecule has 0 bridgehead atoms. The first-order chi connectivity index (χ1) is 5.13. The van der Waals surface area contributed by atoms with Crippen LogP contribution in [0.2, 0.25) is 0 Å². The van der Waals surface area contributed by atoms with Crippen LogP contribution in [0.5, 0.6) is 0 Å². The lowest BCUT2D eigenvalue weighted by Gasteiger charge is -1.95. The summed E-state index contributed by atoms with van der Waals surface area (Å²) in [7, 11) is 0. The van der Waals surface area contributed by atoms with Crippen LogP contribution in [-0.2, 0) is 9.53 Å². The average Bonchev–Trinajstić information content (AvgIpc) is 1.88. The van der Waals surface area contributed by atoms with E-state index < -0.39 is 16.7 Å².